The number of nitrogens with zero attached hydrogens (tertiary/aromatic N) is 3. The number of carbonyl (C=O) groups is 4. The quantitative estimate of drug-likeness (QED) is 0.571. The van der Waals surface area contributed by atoms with E-state index in [1.54, 1.807) is 17.0 Å². The van der Waals surface area contributed by atoms with E-state index in [4.69, 9.17) is 4.74 Å². The fourth-order valence-corrected chi connectivity index (χ4v) is 4.67. The molecule has 0 N–H and O–H groups in total. The Kier molecular flexibility index (Phi) is 5.25. The van der Waals surface area contributed by atoms with Crippen LogP contribution in [-0.4, -0.2) is 60.3 Å². The van der Waals surface area contributed by atoms with Crippen molar-refractivity contribution in [3.63, 3.8) is 0 Å². The second kappa shape index (κ2) is 7.85. The van der Waals surface area contributed by atoms with Gasteiger partial charge >= 0.3 is 17.8 Å². The monoisotopic (exact) mass is 399 g/mol. The van der Waals surface area contributed by atoms with Crippen molar-refractivity contribution in [3.8, 4) is 5.75 Å². The van der Waals surface area contributed by atoms with Crippen LogP contribution in [0.5, 0.6) is 5.75 Å². The summed E-state index contributed by atoms with van der Waals surface area (Å²) in [5, 5.41) is 0. The highest BCUT2D eigenvalue weighted by atomic mass is 16.5. The summed E-state index contributed by atoms with van der Waals surface area (Å²) >= 11 is 0. The predicted molar refractivity (Wildman–Crippen MR) is 104 cm³/mol. The lowest BCUT2D eigenvalue weighted by Gasteiger charge is -2.41. The maximum Gasteiger partial charge on any atom is 0.339 e. The number of hydrogen-bond donors (Lipinski definition) is 0. The van der Waals surface area contributed by atoms with Crippen molar-refractivity contribution >= 4 is 29.4 Å². The van der Waals surface area contributed by atoms with Gasteiger partial charge in [0.2, 0.25) is 5.91 Å². The second-order valence-electron chi connectivity index (χ2n) is 7.95. The normalized spacial score (nSPS) is 24.7. The molecular formula is C21H25N3O5. The maximum atomic E-state index is 12.8. The van der Waals surface area contributed by atoms with Gasteiger partial charge in [0.15, 0.2) is 0 Å². The Labute approximate surface area is 169 Å². The molecule has 1 aromatic carbocycles. The van der Waals surface area contributed by atoms with Gasteiger partial charge in [0, 0.05) is 13.1 Å². The molecule has 0 aromatic heterocycles. The van der Waals surface area contributed by atoms with Gasteiger partial charge in [-0.2, -0.15) is 0 Å². The van der Waals surface area contributed by atoms with Gasteiger partial charge in [0.05, 0.1) is 12.8 Å². The summed E-state index contributed by atoms with van der Waals surface area (Å²) in [6.07, 6.45) is 5.77. The van der Waals surface area contributed by atoms with Crippen LogP contribution in [0.1, 0.15) is 32.1 Å². The van der Waals surface area contributed by atoms with Gasteiger partial charge < -0.3 is 9.64 Å². The number of methoxy groups -OCH3 is 1. The van der Waals surface area contributed by atoms with Gasteiger partial charge in [-0.05, 0) is 48.9 Å². The summed E-state index contributed by atoms with van der Waals surface area (Å²) in [5.74, 6) is -0.443. The number of hydrogen-bond acceptors (Lipinski definition) is 5. The van der Waals surface area contributed by atoms with Crippen molar-refractivity contribution in [2.75, 3.05) is 31.6 Å². The fourth-order valence-electron chi connectivity index (χ4n) is 4.67. The van der Waals surface area contributed by atoms with E-state index in [9.17, 15) is 19.2 Å². The number of likely N-dealkylation sites (tertiary alicyclic amines) is 1. The lowest BCUT2D eigenvalue weighted by Crippen LogP contribution is -2.49. The Morgan fingerprint density at radius 2 is 1.69 bits per heavy atom. The molecule has 2 heterocycles. The summed E-state index contributed by atoms with van der Waals surface area (Å²) in [7, 11) is 1.51. The first-order valence-corrected chi connectivity index (χ1v) is 10.1. The van der Waals surface area contributed by atoms with E-state index >= 15 is 0 Å². The van der Waals surface area contributed by atoms with Gasteiger partial charge in [0.1, 0.15) is 12.3 Å². The van der Waals surface area contributed by atoms with Gasteiger partial charge in [-0.25, -0.2) is 14.6 Å². The third-order valence-electron chi connectivity index (χ3n) is 6.32. The zero-order valence-electron chi connectivity index (χ0n) is 16.5. The van der Waals surface area contributed by atoms with E-state index in [0.717, 1.165) is 22.6 Å². The molecule has 1 saturated carbocycles. The standard InChI is InChI=1S/C21H25N3O5/c1-29-17-8-6-16(7-9-17)24-20(27)19(26)23(21(24)28)13-18(25)22-11-10-14-4-2-3-5-15(14)12-22/h6-9,14-15H,2-5,10-13H2,1H3/t14-,15-/m0/s1. The van der Waals surface area contributed by atoms with E-state index in [-0.39, 0.29) is 11.6 Å². The Morgan fingerprint density at radius 3 is 2.38 bits per heavy atom. The molecule has 2 saturated heterocycles. The van der Waals surface area contributed by atoms with Crippen molar-refractivity contribution in [1.29, 1.82) is 0 Å². The highest BCUT2D eigenvalue weighted by Gasteiger charge is 2.47. The molecule has 1 aliphatic carbocycles. The topological polar surface area (TPSA) is 87.2 Å². The number of benzene rings is 1. The lowest BCUT2D eigenvalue weighted by atomic mass is 9.75. The van der Waals surface area contributed by atoms with Crippen LogP contribution in [0.4, 0.5) is 10.5 Å². The molecule has 5 amide bonds. The van der Waals surface area contributed by atoms with E-state index in [0.29, 0.717) is 30.7 Å². The second-order valence-corrected chi connectivity index (χ2v) is 7.95. The van der Waals surface area contributed by atoms with Crippen LogP contribution in [-0.2, 0) is 14.4 Å². The van der Waals surface area contributed by atoms with Crippen LogP contribution in [0.25, 0.3) is 0 Å². The Bertz CT molecular complexity index is 837. The zero-order chi connectivity index (χ0) is 20.5. The number of fused-ring (bicyclic) bond motifs is 1. The molecule has 3 aliphatic rings. The summed E-state index contributed by atoms with van der Waals surface area (Å²) in [5.41, 5.74) is 0.270. The van der Waals surface area contributed by atoms with Gasteiger partial charge in [-0.1, -0.05) is 19.3 Å². The number of carbonyl (C=O) groups excluding carboxylic acids is 4. The summed E-state index contributed by atoms with van der Waals surface area (Å²) in [4.78, 5) is 53.6. The van der Waals surface area contributed by atoms with E-state index < -0.39 is 24.4 Å². The van der Waals surface area contributed by atoms with Crippen LogP contribution in [0.3, 0.4) is 0 Å². The Balaban J connectivity index is 1.44. The fraction of sp³-hybridized carbons (Fsp3) is 0.524. The predicted octanol–water partition coefficient (Wildman–Crippen LogP) is 2.03. The molecule has 8 heteroatoms. The first-order valence-electron chi connectivity index (χ1n) is 10.1. The lowest BCUT2D eigenvalue weighted by molar-refractivity contribution is -0.143. The highest BCUT2D eigenvalue weighted by Crippen LogP contribution is 2.36. The van der Waals surface area contributed by atoms with Crippen LogP contribution < -0.4 is 9.64 Å². The minimum atomic E-state index is -0.966. The average Bonchev–Trinajstić information content (AvgIpc) is 2.96. The molecule has 29 heavy (non-hydrogen) atoms. The number of imide groups is 2. The number of rotatable bonds is 4. The minimum absolute atomic E-state index is 0.270. The van der Waals surface area contributed by atoms with Crippen molar-refractivity contribution in [2.24, 2.45) is 11.8 Å². The molecule has 8 nitrogen and oxygen atoms in total. The number of amides is 5. The SMILES string of the molecule is COc1ccc(N2C(=O)C(=O)N(CC(=O)N3CC[C@@H]4CCCC[C@H]4C3)C2=O)cc1. The number of urea groups is 1. The minimum Gasteiger partial charge on any atom is -0.497 e. The largest absolute Gasteiger partial charge is 0.497 e. The summed E-state index contributed by atoms with van der Waals surface area (Å²) in [6.45, 7) is 0.926. The molecule has 0 radical (unpaired) electrons. The molecule has 2 atom stereocenters. The third kappa shape index (κ3) is 3.59. The van der Waals surface area contributed by atoms with Gasteiger partial charge in [0.25, 0.3) is 0 Å². The third-order valence-corrected chi connectivity index (χ3v) is 6.32. The molecule has 0 unspecified atom stereocenters. The molecule has 4 rings (SSSR count). The van der Waals surface area contributed by atoms with E-state index in [2.05, 4.69) is 0 Å². The summed E-state index contributed by atoms with van der Waals surface area (Å²) in [6, 6.07) is 5.47. The molecule has 154 valence electrons. The number of ether oxygens (including phenoxy) is 1. The maximum absolute atomic E-state index is 12.8. The molecule has 0 spiro atoms. The van der Waals surface area contributed by atoms with Crippen LogP contribution >= 0.6 is 0 Å². The van der Waals surface area contributed by atoms with Gasteiger partial charge in [-0.15, -0.1) is 0 Å². The van der Waals surface area contributed by atoms with Crippen LogP contribution in [0.2, 0.25) is 0 Å². The Hall–Kier alpha value is -2.90. The Morgan fingerprint density at radius 1 is 1.00 bits per heavy atom. The smallest absolute Gasteiger partial charge is 0.339 e. The number of anilines is 1. The van der Waals surface area contributed by atoms with Crippen molar-refractivity contribution in [1.82, 2.24) is 9.80 Å². The first-order chi connectivity index (χ1) is 14.0. The van der Waals surface area contributed by atoms with Crippen molar-refractivity contribution in [2.45, 2.75) is 32.1 Å². The van der Waals surface area contributed by atoms with Crippen LogP contribution in [0.15, 0.2) is 24.3 Å². The highest BCUT2D eigenvalue weighted by molar-refractivity contribution is 6.53. The van der Waals surface area contributed by atoms with Crippen LogP contribution in [0, 0.1) is 11.8 Å². The molecule has 2 aliphatic heterocycles. The van der Waals surface area contributed by atoms with E-state index in [1.807, 2.05) is 0 Å². The molecular weight excluding hydrogens is 374 g/mol. The van der Waals surface area contributed by atoms with E-state index in [1.165, 1.54) is 38.5 Å². The molecule has 3 fully saturated rings. The van der Waals surface area contributed by atoms with Gasteiger partial charge in [-0.3, -0.25) is 14.4 Å². The molecule has 1 aromatic rings. The first kappa shape index (κ1) is 19.4. The zero-order valence-corrected chi connectivity index (χ0v) is 16.5. The van der Waals surface area contributed by atoms with Crippen molar-refractivity contribution in [3.05, 3.63) is 24.3 Å². The van der Waals surface area contributed by atoms with Crippen molar-refractivity contribution < 1.29 is 23.9 Å². The molecule has 0 bridgehead atoms. The summed E-state index contributed by atoms with van der Waals surface area (Å²) < 4.78 is 5.07. The number of piperidine rings is 1. The average molecular weight is 399 g/mol.